The molecule has 4 rings (SSSR count). The van der Waals surface area contributed by atoms with Crippen molar-refractivity contribution in [1.29, 1.82) is 0 Å². The summed E-state index contributed by atoms with van der Waals surface area (Å²) in [5.41, 5.74) is 10.7. The zero-order chi connectivity index (χ0) is 20.3. The van der Waals surface area contributed by atoms with Crippen LogP contribution in [0.4, 0.5) is 0 Å². The Morgan fingerprint density at radius 2 is 0.964 bits per heavy atom. The van der Waals surface area contributed by atoms with Crippen LogP contribution in [0, 0.1) is 5.92 Å². The van der Waals surface area contributed by atoms with E-state index in [1.165, 1.54) is 11.1 Å². The van der Waals surface area contributed by atoms with Crippen LogP contribution in [-0.2, 0) is 0 Å². The van der Waals surface area contributed by atoms with Crippen molar-refractivity contribution in [2.24, 2.45) is 5.92 Å². The number of fused-ring (bicyclic) bond motifs is 2. The summed E-state index contributed by atoms with van der Waals surface area (Å²) in [6, 6.07) is 18.2. The van der Waals surface area contributed by atoms with E-state index in [-0.39, 0.29) is 0 Å². The highest BCUT2D eigenvalue weighted by molar-refractivity contribution is 6.79. The van der Waals surface area contributed by atoms with Crippen molar-refractivity contribution >= 4 is 28.3 Å². The molecule has 0 amide bonds. The lowest BCUT2D eigenvalue weighted by Gasteiger charge is -2.36. The van der Waals surface area contributed by atoms with Crippen molar-refractivity contribution < 1.29 is 0 Å². The molecule has 0 saturated heterocycles. The van der Waals surface area contributed by atoms with Crippen LogP contribution in [0.1, 0.15) is 40.3 Å². The van der Waals surface area contributed by atoms with E-state index < -0.39 is 16.1 Å². The van der Waals surface area contributed by atoms with Gasteiger partial charge in [0.15, 0.2) is 0 Å². The van der Waals surface area contributed by atoms with Crippen LogP contribution in [0.15, 0.2) is 59.7 Å². The van der Waals surface area contributed by atoms with Gasteiger partial charge in [-0.05, 0) is 28.2 Å². The van der Waals surface area contributed by atoms with E-state index >= 15 is 0 Å². The summed E-state index contributed by atoms with van der Waals surface area (Å²) in [5, 5.41) is 0. The molecule has 2 atom stereocenters. The second kappa shape index (κ2) is 6.71. The summed E-state index contributed by atoms with van der Waals surface area (Å²) in [6.07, 6.45) is 5.07. The van der Waals surface area contributed by atoms with Crippen molar-refractivity contribution in [3.63, 3.8) is 0 Å². The molecule has 2 aliphatic rings. The van der Waals surface area contributed by atoms with Crippen LogP contribution >= 0.6 is 0 Å². The van der Waals surface area contributed by atoms with E-state index in [4.69, 9.17) is 0 Å². The van der Waals surface area contributed by atoms with Crippen molar-refractivity contribution in [3.05, 3.63) is 81.9 Å². The van der Waals surface area contributed by atoms with Crippen LogP contribution < -0.4 is 0 Å². The Hall–Kier alpha value is -1.65. The van der Waals surface area contributed by atoms with Gasteiger partial charge in [0, 0.05) is 11.1 Å². The highest BCUT2D eigenvalue weighted by atomic mass is 28.3. The second-order valence-corrected chi connectivity index (χ2v) is 21.5. The lowest BCUT2D eigenvalue weighted by molar-refractivity contribution is 0.737. The first-order chi connectivity index (χ1) is 13.1. The maximum Gasteiger partial charge on any atom is 0.0569 e. The third-order valence-electron chi connectivity index (χ3n) is 6.66. The van der Waals surface area contributed by atoms with Gasteiger partial charge in [-0.1, -0.05) is 118 Å². The summed E-state index contributed by atoms with van der Waals surface area (Å²) in [6.45, 7) is 17.7. The molecule has 2 aromatic carbocycles. The summed E-state index contributed by atoms with van der Waals surface area (Å²) < 4.78 is 0. The van der Waals surface area contributed by atoms with Crippen LogP contribution in [0.5, 0.6) is 0 Å². The van der Waals surface area contributed by atoms with Crippen LogP contribution in [0.2, 0.25) is 39.3 Å². The van der Waals surface area contributed by atoms with E-state index in [0.717, 1.165) is 0 Å². The number of hydrogen-bond donors (Lipinski definition) is 0. The summed E-state index contributed by atoms with van der Waals surface area (Å²) in [7, 11) is -2.77. The van der Waals surface area contributed by atoms with Gasteiger partial charge in [0.05, 0.1) is 16.1 Å². The largest absolute Gasteiger partial charge is 0.0688 e. The van der Waals surface area contributed by atoms with Gasteiger partial charge in [-0.3, -0.25) is 0 Å². The van der Waals surface area contributed by atoms with E-state index in [0.29, 0.717) is 17.0 Å². The molecule has 2 aliphatic carbocycles. The molecule has 2 aromatic rings. The fraction of sp³-hybridized carbons (Fsp3) is 0.385. The van der Waals surface area contributed by atoms with Crippen LogP contribution in [-0.4, -0.2) is 16.1 Å². The normalized spacial score (nSPS) is 22.4. The Labute approximate surface area is 173 Å². The topological polar surface area (TPSA) is 0 Å². The molecule has 0 heterocycles. The minimum absolute atomic E-state index is 0.508. The van der Waals surface area contributed by atoms with Crippen LogP contribution in [0.3, 0.4) is 0 Å². The molecule has 2 unspecified atom stereocenters. The third-order valence-corrected chi connectivity index (χ3v) is 11.4. The highest BCUT2D eigenvalue weighted by Gasteiger charge is 2.43. The number of benzene rings is 2. The van der Waals surface area contributed by atoms with Gasteiger partial charge in [-0.15, -0.1) is 0 Å². The first-order valence-electron chi connectivity index (χ1n) is 10.7. The first-order valence-corrected chi connectivity index (χ1v) is 17.9. The van der Waals surface area contributed by atoms with Gasteiger partial charge in [-0.25, -0.2) is 0 Å². The van der Waals surface area contributed by atoms with E-state index in [2.05, 4.69) is 107 Å². The predicted octanol–water partition coefficient (Wildman–Crippen LogP) is 7.74. The molecule has 0 aromatic heterocycles. The van der Waals surface area contributed by atoms with Crippen molar-refractivity contribution in [3.8, 4) is 0 Å². The van der Waals surface area contributed by atoms with Crippen molar-refractivity contribution in [2.75, 3.05) is 0 Å². The third kappa shape index (κ3) is 3.21. The maximum atomic E-state index is 2.54. The van der Waals surface area contributed by atoms with Gasteiger partial charge in [0.25, 0.3) is 0 Å². The molecule has 0 fully saturated rings. The summed E-state index contributed by atoms with van der Waals surface area (Å²) in [5.74, 6) is 0.508. The number of rotatable bonds is 4. The maximum absolute atomic E-state index is 2.54. The van der Waals surface area contributed by atoms with E-state index in [9.17, 15) is 0 Å². The smallest absolute Gasteiger partial charge is 0.0569 e. The molecular formula is C26H34Si2. The van der Waals surface area contributed by atoms with Crippen molar-refractivity contribution in [2.45, 2.75) is 57.3 Å². The summed E-state index contributed by atoms with van der Waals surface area (Å²) in [4.78, 5) is 0. The highest BCUT2D eigenvalue weighted by Crippen LogP contribution is 2.52. The van der Waals surface area contributed by atoms with Crippen LogP contribution in [0.25, 0.3) is 12.2 Å². The first kappa shape index (κ1) is 19.7. The van der Waals surface area contributed by atoms with Gasteiger partial charge >= 0.3 is 0 Å². The molecular weight excluding hydrogens is 368 g/mol. The van der Waals surface area contributed by atoms with Gasteiger partial charge in [0.2, 0.25) is 0 Å². The number of allylic oxidation sites excluding steroid dienone is 2. The number of hydrogen-bond acceptors (Lipinski definition) is 0. The molecule has 0 saturated carbocycles. The van der Waals surface area contributed by atoms with Gasteiger partial charge in [-0.2, -0.15) is 0 Å². The molecule has 0 spiro atoms. The Morgan fingerprint density at radius 1 is 0.607 bits per heavy atom. The van der Waals surface area contributed by atoms with Gasteiger partial charge in [0.1, 0.15) is 0 Å². The Morgan fingerprint density at radius 3 is 1.32 bits per heavy atom. The summed E-state index contributed by atoms with van der Waals surface area (Å²) >= 11 is 0. The predicted molar refractivity (Wildman–Crippen MR) is 130 cm³/mol. The average molecular weight is 403 g/mol. The molecule has 0 bridgehead atoms. The molecule has 0 N–H and O–H groups in total. The average Bonchev–Trinajstić information content (AvgIpc) is 3.19. The van der Waals surface area contributed by atoms with Crippen molar-refractivity contribution in [1.82, 2.24) is 0 Å². The van der Waals surface area contributed by atoms with E-state index in [1.54, 1.807) is 22.3 Å². The second-order valence-electron chi connectivity index (χ2n) is 10.9. The fourth-order valence-corrected chi connectivity index (χ4v) is 10.6. The molecule has 28 heavy (non-hydrogen) atoms. The lowest BCUT2D eigenvalue weighted by Crippen LogP contribution is -2.36. The fourth-order valence-electron chi connectivity index (χ4n) is 5.57. The minimum atomic E-state index is -1.38. The molecule has 0 radical (unpaired) electrons. The molecule has 0 nitrogen and oxygen atoms in total. The molecule has 0 aliphatic heterocycles. The quantitative estimate of drug-likeness (QED) is 0.459. The monoisotopic (exact) mass is 402 g/mol. The molecule has 146 valence electrons. The Balaban J connectivity index is 1.80. The Bertz CT molecular complexity index is 887. The standard InChI is InChI=1S/C26H34Si2/c1-18(23-16-19-12-8-10-14-21(19)25(23)27(2,3)4)24-17-20-13-9-11-15-22(20)26(24)28(5,6)7/h8-18,25-26H,1-7H3. The lowest BCUT2D eigenvalue weighted by atomic mass is 9.89. The molecule has 2 heteroatoms. The zero-order valence-corrected chi connectivity index (χ0v) is 20.5. The van der Waals surface area contributed by atoms with E-state index in [1.807, 2.05) is 0 Å². The zero-order valence-electron chi connectivity index (χ0n) is 18.5. The minimum Gasteiger partial charge on any atom is -0.0688 e. The van der Waals surface area contributed by atoms with Gasteiger partial charge < -0.3 is 0 Å². The Kier molecular flexibility index (Phi) is 4.71. The SMILES string of the molecule is CC(C1=Cc2ccccc2C1[Si](C)(C)C)C1=Cc2ccccc2C1[Si](C)(C)C.